The van der Waals surface area contributed by atoms with Crippen molar-refractivity contribution in [3.05, 3.63) is 33.9 Å². The van der Waals surface area contributed by atoms with Gasteiger partial charge < -0.3 is 21.5 Å². The van der Waals surface area contributed by atoms with Gasteiger partial charge in [-0.2, -0.15) is 10.2 Å². The number of carbonyl (C=O) groups is 1. The Bertz CT molecular complexity index is 1340. The molecule has 0 aliphatic heterocycles. The van der Waals surface area contributed by atoms with E-state index in [1.54, 1.807) is 18.3 Å². The number of nitrogens with two attached hydrogens (primary N) is 1. The Morgan fingerprint density at radius 3 is 2.51 bits per heavy atom. The molecule has 2 saturated carbocycles. The molecule has 2 atom stereocenters. The Morgan fingerprint density at radius 1 is 1.14 bits per heavy atom. The van der Waals surface area contributed by atoms with E-state index >= 15 is 0 Å². The van der Waals surface area contributed by atoms with Crippen LogP contribution in [0.25, 0.3) is 11.2 Å². The second-order valence-electron chi connectivity index (χ2n) is 9.83. The largest absolute Gasteiger partial charge is 0.393 e. The normalized spacial score (nSPS) is 23.9. The number of nitriles is 1. The van der Waals surface area contributed by atoms with Crippen LogP contribution in [0.1, 0.15) is 63.0 Å². The molecule has 5 N–H and O–H groups in total. The first-order chi connectivity index (χ1) is 17.8. The third-order valence-electron chi connectivity index (χ3n) is 7.28. The number of fused-ring (bicyclic) bond motifs is 1. The van der Waals surface area contributed by atoms with Gasteiger partial charge in [-0.3, -0.25) is 9.36 Å². The maximum Gasteiger partial charge on any atom is 0.224 e. The third-order valence-corrected chi connectivity index (χ3v) is 7.88. The van der Waals surface area contributed by atoms with Crippen LogP contribution in [0.2, 0.25) is 10.0 Å². The molecule has 0 spiro atoms. The molecular weight excluding hydrogens is 515 g/mol. The Morgan fingerprint density at radius 2 is 1.86 bits per heavy atom. The minimum atomic E-state index is -0.321. The molecule has 0 unspecified atom stereocenters. The molecule has 2 aliphatic rings. The van der Waals surface area contributed by atoms with Crippen molar-refractivity contribution < 1.29 is 9.90 Å². The van der Waals surface area contributed by atoms with Gasteiger partial charge in [-0.25, -0.2) is 9.97 Å². The van der Waals surface area contributed by atoms with E-state index in [4.69, 9.17) is 38.9 Å². The smallest absolute Gasteiger partial charge is 0.224 e. The first-order valence-corrected chi connectivity index (χ1v) is 13.2. The number of hydrogen-bond acceptors (Lipinski definition) is 8. The minimum Gasteiger partial charge on any atom is -0.393 e. The van der Waals surface area contributed by atoms with E-state index < -0.39 is 0 Å². The van der Waals surface area contributed by atoms with Crippen LogP contribution in [0.3, 0.4) is 0 Å². The molecule has 1 aromatic carbocycles. The van der Waals surface area contributed by atoms with Crippen molar-refractivity contribution >= 4 is 57.9 Å². The van der Waals surface area contributed by atoms with Gasteiger partial charge in [-0.15, -0.1) is 0 Å². The average Bonchev–Trinajstić information content (AvgIpc) is 3.23. The zero-order valence-electron chi connectivity index (χ0n) is 20.1. The molecule has 2 heterocycles. The molecule has 2 aromatic heterocycles. The quantitative estimate of drug-likeness (QED) is 0.349. The highest BCUT2D eigenvalue weighted by atomic mass is 35.5. The predicted octanol–water partition coefficient (Wildman–Crippen LogP) is 4.68. The summed E-state index contributed by atoms with van der Waals surface area (Å²) in [4.78, 5) is 25.8. The standard InChI is InChI=1S/C25H28Cl2N8O2/c26-18-8-13(11-28)9-19(27)21(18)33-25-32-20-12-30-24(31-15-2-1-3-17(36)10-15)34-23(20)35(25)16-6-4-14(5-7-16)22(29)37/h8-9,12,14-17,36H,1-7,10H2,(H2,29,37)(H,32,33)(H,30,31,34)/t14-,15-,16+,17-/m0/s1. The van der Waals surface area contributed by atoms with Gasteiger partial charge in [0, 0.05) is 18.0 Å². The van der Waals surface area contributed by atoms with E-state index in [1.807, 2.05) is 10.6 Å². The average molecular weight is 543 g/mol. The van der Waals surface area contributed by atoms with Gasteiger partial charge in [-0.05, 0) is 63.5 Å². The van der Waals surface area contributed by atoms with Crippen LogP contribution in [-0.2, 0) is 4.79 Å². The van der Waals surface area contributed by atoms with Crippen LogP contribution in [0.4, 0.5) is 17.6 Å². The lowest BCUT2D eigenvalue weighted by Gasteiger charge is -2.29. The van der Waals surface area contributed by atoms with E-state index in [2.05, 4.69) is 15.6 Å². The molecule has 0 saturated heterocycles. The number of carbonyl (C=O) groups excluding carboxylic acids is 1. The van der Waals surface area contributed by atoms with E-state index in [0.717, 1.165) is 32.1 Å². The highest BCUT2D eigenvalue weighted by Gasteiger charge is 2.30. The van der Waals surface area contributed by atoms with E-state index in [1.165, 1.54) is 0 Å². The SMILES string of the molecule is N#Cc1cc(Cl)c(Nc2nc3cnc(N[C@H]4CCC[C@H](O)C4)nc3n2[C@H]2CC[C@@H](C(N)=O)CC2)c(Cl)c1. The topological polar surface area (TPSA) is 155 Å². The maximum atomic E-state index is 11.7. The van der Waals surface area contributed by atoms with Gasteiger partial charge in [0.1, 0.15) is 5.52 Å². The number of anilines is 3. The summed E-state index contributed by atoms with van der Waals surface area (Å²) in [5, 5.41) is 26.5. The Kier molecular flexibility index (Phi) is 7.38. The fourth-order valence-electron chi connectivity index (χ4n) is 5.36. The van der Waals surface area contributed by atoms with E-state index in [-0.39, 0.29) is 30.0 Å². The molecule has 2 fully saturated rings. The number of primary amides is 1. The number of imidazole rings is 1. The lowest BCUT2D eigenvalue weighted by atomic mass is 9.85. The number of nitrogens with zero attached hydrogens (tertiary/aromatic N) is 5. The van der Waals surface area contributed by atoms with Crippen LogP contribution in [0.5, 0.6) is 0 Å². The zero-order valence-corrected chi connectivity index (χ0v) is 21.6. The molecule has 0 radical (unpaired) electrons. The second-order valence-corrected chi connectivity index (χ2v) is 10.6. The van der Waals surface area contributed by atoms with Gasteiger partial charge in [0.05, 0.1) is 39.7 Å². The number of halogens is 2. The minimum absolute atomic E-state index is 0.0123. The maximum absolute atomic E-state index is 11.7. The van der Waals surface area contributed by atoms with E-state index in [9.17, 15) is 15.2 Å². The first-order valence-electron chi connectivity index (χ1n) is 12.5. The summed E-state index contributed by atoms with van der Waals surface area (Å²) in [6.45, 7) is 0. The lowest BCUT2D eigenvalue weighted by molar-refractivity contribution is -0.122. The summed E-state index contributed by atoms with van der Waals surface area (Å²) >= 11 is 12.9. The Labute approximate surface area is 224 Å². The van der Waals surface area contributed by atoms with Crippen molar-refractivity contribution in [3.8, 4) is 6.07 Å². The number of aromatic nitrogens is 4. The van der Waals surface area contributed by atoms with Crippen molar-refractivity contribution in [2.45, 2.75) is 69.6 Å². The van der Waals surface area contributed by atoms with Crippen LogP contribution < -0.4 is 16.4 Å². The van der Waals surface area contributed by atoms with Crippen molar-refractivity contribution in [3.63, 3.8) is 0 Å². The van der Waals surface area contributed by atoms with Crippen molar-refractivity contribution in [1.82, 2.24) is 19.5 Å². The van der Waals surface area contributed by atoms with Crippen LogP contribution in [0, 0.1) is 17.2 Å². The fraction of sp³-hybridized carbons (Fsp3) is 0.480. The lowest BCUT2D eigenvalue weighted by Crippen LogP contribution is -2.30. The number of nitrogens with one attached hydrogen (secondary N) is 2. The monoisotopic (exact) mass is 542 g/mol. The number of hydrogen-bond donors (Lipinski definition) is 4. The molecule has 194 valence electrons. The van der Waals surface area contributed by atoms with Crippen molar-refractivity contribution in [2.75, 3.05) is 10.6 Å². The summed E-state index contributed by atoms with van der Waals surface area (Å²) in [5.74, 6) is 0.548. The molecule has 10 nitrogen and oxygen atoms in total. The van der Waals surface area contributed by atoms with Gasteiger partial charge >= 0.3 is 0 Å². The van der Waals surface area contributed by atoms with Crippen LogP contribution >= 0.6 is 23.2 Å². The number of benzene rings is 1. The Hall–Kier alpha value is -3.13. The molecule has 1 amide bonds. The van der Waals surface area contributed by atoms with Crippen molar-refractivity contribution in [2.24, 2.45) is 11.7 Å². The summed E-state index contributed by atoms with van der Waals surface area (Å²) in [6.07, 6.45) is 7.51. The fourth-order valence-corrected chi connectivity index (χ4v) is 5.94. The van der Waals surface area contributed by atoms with Gasteiger partial charge in [0.2, 0.25) is 17.8 Å². The molecule has 2 aliphatic carbocycles. The summed E-state index contributed by atoms with van der Waals surface area (Å²) in [5.41, 5.74) is 7.58. The summed E-state index contributed by atoms with van der Waals surface area (Å²) < 4.78 is 2.01. The van der Waals surface area contributed by atoms with Gasteiger partial charge in [0.25, 0.3) is 0 Å². The number of aliphatic hydroxyl groups excluding tert-OH is 1. The van der Waals surface area contributed by atoms with E-state index in [0.29, 0.717) is 63.6 Å². The summed E-state index contributed by atoms with van der Waals surface area (Å²) in [7, 11) is 0. The highest BCUT2D eigenvalue weighted by molar-refractivity contribution is 6.39. The van der Waals surface area contributed by atoms with Gasteiger partial charge in [-0.1, -0.05) is 23.2 Å². The van der Waals surface area contributed by atoms with Gasteiger partial charge in [0.15, 0.2) is 5.65 Å². The molecular formula is C25H28Cl2N8O2. The predicted molar refractivity (Wildman–Crippen MR) is 142 cm³/mol. The number of aliphatic hydroxyl groups is 1. The van der Waals surface area contributed by atoms with Crippen molar-refractivity contribution in [1.29, 1.82) is 5.26 Å². The molecule has 37 heavy (non-hydrogen) atoms. The first kappa shape index (κ1) is 25.5. The second kappa shape index (κ2) is 10.7. The highest BCUT2D eigenvalue weighted by Crippen LogP contribution is 2.39. The molecule has 0 bridgehead atoms. The number of rotatable bonds is 6. The van der Waals surface area contributed by atoms with Crippen LogP contribution in [0.15, 0.2) is 18.3 Å². The third kappa shape index (κ3) is 5.44. The summed E-state index contributed by atoms with van der Waals surface area (Å²) in [6, 6.07) is 5.24. The molecule has 5 rings (SSSR count). The number of amides is 1. The molecule has 3 aromatic rings. The van der Waals surface area contributed by atoms with Crippen LogP contribution in [-0.4, -0.2) is 42.7 Å². The Balaban J connectivity index is 1.52. The molecule has 12 heteroatoms. The zero-order chi connectivity index (χ0) is 26.1.